The van der Waals surface area contributed by atoms with E-state index in [0.717, 1.165) is 11.1 Å². The fraction of sp³-hybridized carbons (Fsp3) is 0.267. The molecule has 0 fully saturated rings. The summed E-state index contributed by atoms with van der Waals surface area (Å²) in [5.41, 5.74) is 8.21. The van der Waals surface area contributed by atoms with Crippen LogP contribution < -0.4 is 5.73 Å². The SMILES string of the molecule is CC(C)(C)n1cc(-c2ccc(Cl)cc2)c(C#N)c1N. The molecule has 3 nitrogen and oxygen atoms in total. The van der Waals surface area contributed by atoms with Crippen LogP contribution in [0.5, 0.6) is 0 Å². The van der Waals surface area contributed by atoms with E-state index in [1.165, 1.54) is 0 Å². The summed E-state index contributed by atoms with van der Waals surface area (Å²) >= 11 is 5.89. The molecule has 0 unspecified atom stereocenters. The van der Waals surface area contributed by atoms with Crippen molar-refractivity contribution in [1.82, 2.24) is 4.57 Å². The van der Waals surface area contributed by atoms with Crippen LogP contribution in [0.25, 0.3) is 11.1 Å². The van der Waals surface area contributed by atoms with Crippen molar-refractivity contribution in [2.75, 3.05) is 5.73 Å². The largest absolute Gasteiger partial charge is 0.384 e. The van der Waals surface area contributed by atoms with Crippen LogP contribution in [-0.2, 0) is 5.54 Å². The lowest BCUT2D eigenvalue weighted by atomic mass is 10.1. The number of nitrogen functional groups attached to an aromatic ring is 1. The van der Waals surface area contributed by atoms with E-state index in [4.69, 9.17) is 17.3 Å². The van der Waals surface area contributed by atoms with Crippen molar-refractivity contribution in [3.63, 3.8) is 0 Å². The topological polar surface area (TPSA) is 54.7 Å². The quantitative estimate of drug-likeness (QED) is 0.853. The van der Waals surface area contributed by atoms with E-state index in [1.54, 1.807) is 0 Å². The minimum absolute atomic E-state index is 0.166. The molecule has 0 atom stereocenters. The van der Waals surface area contributed by atoms with Gasteiger partial charge in [-0.15, -0.1) is 0 Å². The first-order valence-electron chi connectivity index (χ1n) is 6.02. The zero-order valence-electron chi connectivity index (χ0n) is 11.2. The first kappa shape index (κ1) is 13.5. The average Bonchev–Trinajstić information content (AvgIpc) is 2.67. The number of hydrogen-bond acceptors (Lipinski definition) is 2. The molecule has 2 aromatic rings. The van der Waals surface area contributed by atoms with E-state index < -0.39 is 0 Å². The number of nitriles is 1. The van der Waals surface area contributed by atoms with Gasteiger partial charge in [0.05, 0.1) is 0 Å². The van der Waals surface area contributed by atoms with E-state index in [2.05, 4.69) is 26.8 Å². The van der Waals surface area contributed by atoms with E-state index >= 15 is 0 Å². The van der Waals surface area contributed by atoms with Gasteiger partial charge in [-0.1, -0.05) is 23.7 Å². The molecule has 1 heterocycles. The smallest absolute Gasteiger partial charge is 0.122 e. The molecule has 0 saturated heterocycles. The third-order valence-electron chi connectivity index (χ3n) is 3.03. The van der Waals surface area contributed by atoms with Gasteiger partial charge in [-0.2, -0.15) is 5.26 Å². The number of nitrogens with two attached hydrogens (primary N) is 1. The average molecular weight is 274 g/mol. The Balaban J connectivity index is 2.65. The van der Waals surface area contributed by atoms with Gasteiger partial charge in [0.1, 0.15) is 17.5 Å². The molecular weight excluding hydrogens is 258 g/mol. The summed E-state index contributed by atoms with van der Waals surface area (Å²) in [5.74, 6) is 0.500. The first-order valence-corrected chi connectivity index (χ1v) is 6.39. The van der Waals surface area contributed by atoms with Crippen LogP contribution in [0.2, 0.25) is 5.02 Å². The second-order valence-electron chi connectivity index (χ2n) is 5.46. The van der Waals surface area contributed by atoms with Crippen LogP contribution >= 0.6 is 11.6 Å². The predicted octanol–water partition coefficient (Wildman–Crippen LogP) is 4.02. The van der Waals surface area contributed by atoms with Crippen LogP contribution in [0.15, 0.2) is 30.5 Å². The summed E-state index contributed by atoms with van der Waals surface area (Å²) in [6, 6.07) is 9.59. The number of benzene rings is 1. The Morgan fingerprint density at radius 1 is 1.21 bits per heavy atom. The number of rotatable bonds is 1. The van der Waals surface area contributed by atoms with Gasteiger partial charge in [0, 0.05) is 22.3 Å². The summed E-state index contributed by atoms with van der Waals surface area (Å²) < 4.78 is 1.93. The molecule has 0 aliphatic carbocycles. The van der Waals surface area contributed by atoms with Gasteiger partial charge in [-0.3, -0.25) is 0 Å². The second-order valence-corrected chi connectivity index (χ2v) is 5.90. The van der Waals surface area contributed by atoms with Gasteiger partial charge in [-0.25, -0.2) is 0 Å². The standard InChI is InChI=1S/C15H16ClN3/c1-15(2,3)19-9-13(12(8-17)14(19)18)10-4-6-11(16)7-5-10/h4-7,9H,18H2,1-3H3. The monoisotopic (exact) mass is 273 g/mol. The highest BCUT2D eigenvalue weighted by molar-refractivity contribution is 6.30. The van der Waals surface area contributed by atoms with Crippen LogP contribution in [0.4, 0.5) is 5.82 Å². The molecule has 1 aromatic carbocycles. The fourth-order valence-electron chi connectivity index (χ4n) is 2.04. The second kappa shape index (κ2) is 4.64. The molecular formula is C15H16ClN3. The van der Waals surface area contributed by atoms with Crippen molar-refractivity contribution in [2.45, 2.75) is 26.3 Å². The summed E-state index contributed by atoms with van der Waals surface area (Å²) in [6.07, 6.45) is 1.93. The van der Waals surface area contributed by atoms with Crippen molar-refractivity contribution in [3.05, 3.63) is 41.0 Å². The Hall–Kier alpha value is -1.92. The maximum Gasteiger partial charge on any atom is 0.122 e. The number of anilines is 1. The van der Waals surface area contributed by atoms with Crippen LogP contribution in [-0.4, -0.2) is 4.57 Å². The molecule has 1 aromatic heterocycles. The molecule has 98 valence electrons. The molecule has 19 heavy (non-hydrogen) atoms. The first-order chi connectivity index (χ1) is 8.84. The molecule has 2 N–H and O–H groups in total. The van der Waals surface area contributed by atoms with Crippen LogP contribution in [0.1, 0.15) is 26.3 Å². The summed E-state index contributed by atoms with van der Waals surface area (Å²) in [7, 11) is 0. The zero-order chi connectivity index (χ0) is 14.2. The van der Waals surface area contributed by atoms with Gasteiger partial charge in [0.2, 0.25) is 0 Å². The predicted molar refractivity (Wildman–Crippen MR) is 79.0 cm³/mol. The lowest BCUT2D eigenvalue weighted by Gasteiger charge is -2.22. The maximum absolute atomic E-state index is 9.32. The molecule has 0 aliphatic heterocycles. The van der Waals surface area contributed by atoms with Crippen LogP contribution in [0.3, 0.4) is 0 Å². The minimum Gasteiger partial charge on any atom is -0.384 e. The molecule has 4 heteroatoms. The lowest BCUT2D eigenvalue weighted by Crippen LogP contribution is -2.22. The highest BCUT2D eigenvalue weighted by Crippen LogP contribution is 2.33. The normalized spacial score (nSPS) is 11.3. The number of aromatic nitrogens is 1. The Kier molecular flexibility index (Phi) is 3.30. The zero-order valence-corrected chi connectivity index (χ0v) is 12.0. The Morgan fingerprint density at radius 3 is 2.26 bits per heavy atom. The number of nitrogens with zero attached hydrogens (tertiary/aromatic N) is 2. The van der Waals surface area contributed by atoms with Crippen molar-refractivity contribution in [2.24, 2.45) is 0 Å². The van der Waals surface area contributed by atoms with Crippen molar-refractivity contribution in [1.29, 1.82) is 5.26 Å². The maximum atomic E-state index is 9.32. The van der Waals surface area contributed by atoms with Crippen molar-refractivity contribution in [3.8, 4) is 17.2 Å². The van der Waals surface area contributed by atoms with E-state index in [9.17, 15) is 5.26 Å². The van der Waals surface area contributed by atoms with E-state index in [0.29, 0.717) is 16.4 Å². The van der Waals surface area contributed by atoms with Crippen LogP contribution in [0, 0.1) is 11.3 Å². The lowest BCUT2D eigenvalue weighted by molar-refractivity contribution is 0.404. The van der Waals surface area contributed by atoms with Gasteiger partial charge in [-0.05, 0) is 38.5 Å². The third-order valence-corrected chi connectivity index (χ3v) is 3.28. The Bertz CT molecular complexity index is 640. The fourth-order valence-corrected chi connectivity index (χ4v) is 2.17. The van der Waals surface area contributed by atoms with E-state index in [1.807, 2.05) is 35.0 Å². The van der Waals surface area contributed by atoms with Crippen molar-refractivity contribution >= 4 is 17.4 Å². The van der Waals surface area contributed by atoms with Crippen molar-refractivity contribution < 1.29 is 0 Å². The van der Waals surface area contributed by atoms with Gasteiger partial charge < -0.3 is 10.3 Å². The number of halogens is 1. The molecule has 0 radical (unpaired) electrons. The van der Waals surface area contributed by atoms with Gasteiger partial charge >= 0.3 is 0 Å². The summed E-state index contributed by atoms with van der Waals surface area (Å²) in [4.78, 5) is 0. The molecule has 2 rings (SSSR count). The highest BCUT2D eigenvalue weighted by atomic mass is 35.5. The summed E-state index contributed by atoms with van der Waals surface area (Å²) in [5, 5.41) is 10.00. The molecule has 0 bridgehead atoms. The number of hydrogen-bond donors (Lipinski definition) is 1. The molecule has 0 saturated carbocycles. The third kappa shape index (κ3) is 2.45. The summed E-state index contributed by atoms with van der Waals surface area (Å²) in [6.45, 7) is 6.16. The highest BCUT2D eigenvalue weighted by Gasteiger charge is 2.21. The van der Waals surface area contributed by atoms with Gasteiger partial charge in [0.15, 0.2) is 0 Å². The van der Waals surface area contributed by atoms with Gasteiger partial charge in [0.25, 0.3) is 0 Å². The molecule has 0 amide bonds. The molecule has 0 aliphatic rings. The Morgan fingerprint density at radius 2 is 1.79 bits per heavy atom. The Labute approximate surface area is 118 Å². The van der Waals surface area contributed by atoms with E-state index in [-0.39, 0.29) is 5.54 Å². The molecule has 0 spiro atoms. The minimum atomic E-state index is -0.166.